The summed E-state index contributed by atoms with van der Waals surface area (Å²) in [4.78, 5) is 33.4. The van der Waals surface area contributed by atoms with E-state index in [0.717, 1.165) is 29.0 Å². The minimum Gasteiger partial charge on any atom is -0.450 e. The number of hydrogen-bond donors (Lipinski definition) is 1. The van der Waals surface area contributed by atoms with Crippen molar-refractivity contribution in [2.75, 3.05) is 5.32 Å². The van der Waals surface area contributed by atoms with Crippen molar-refractivity contribution in [2.24, 2.45) is 0 Å². The number of benzene rings is 4. The summed E-state index contributed by atoms with van der Waals surface area (Å²) in [6.45, 7) is 0. The molecule has 36 heavy (non-hydrogen) atoms. The quantitative estimate of drug-likeness (QED) is 0.148. The third-order valence-electron chi connectivity index (χ3n) is 5.17. The SMILES string of the molecule is N#C/C(=C\c1ccc(Oc2ccc([N+](=O)[O-])cc2[N+](=O)[O-])cc1)C(=O)Nc1cccc2ccccc12. The van der Waals surface area contributed by atoms with E-state index >= 15 is 0 Å². The Labute approximate surface area is 204 Å². The summed E-state index contributed by atoms with van der Waals surface area (Å²) in [7, 11) is 0. The van der Waals surface area contributed by atoms with Crippen LogP contribution in [-0.4, -0.2) is 15.8 Å². The van der Waals surface area contributed by atoms with Crippen molar-refractivity contribution in [3.8, 4) is 17.6 Å². The summed E-state index contributed by atoms with van der Waals surface area (Å²) in [5.74, 6) is -0.514. The van der Waals surface area contributed by atoms with Gasteiger partial charge in [-0.15, -0.1) is 0 Å². The van der Waals surface area contributed by atoms with E-state index in [-0.39, 0.29) is 17.1 Å². The first kappa shape index (κ1) is 23.6. The molecule has 10 heteroatoms. The lowest BCUT2D eigenvalue weighted by Gasteiger charge is -2.08. The summed E-state index contributed by atoms with van der Waals surface area (Å²) >= 11 is 0. The molecule has 1 amide bonds. The smallest absolute Gasteiger partial charge is 0.318 e. The Hall–Kier alpha value is -5.56. The molecule has 0 bridgehead atoms. The third kappa shape index (κ3) is 5.16. The average Bonchev–Trinajstić information content (AvgIpc) is 2.88. The largest absolute Gasteiger partial charge is 0.450 e. The number of anilines is 1. The van der Waals surface area contributed by atoms with Gasteiger partial charge in [-0.3, -0.25) is 25.0 Å². The Morgan fingerprint density at radius 3 is 2.33 bits per heavy atom. The first-order valence-electron chi connectivity index (χ1n) is 10.5. The standard InChI is InChI=1S/C26H16N4O6/c27-16-19(26(31)28-23-7-3-5-18-4-1-2-6-22(18)23)14-17-8-11-21(12-9-17)36-25-13-10-20(29(32)33)15-24(25)30(34)35/h1-15H,(H,28,31)/b19-14+. The summed E-state index contributed by atoms with van der Waals surface area (Å²) in [5, 5.41) is 36.3. The Morgan fingerprint density at radius 1 is 0.917 bits per heavy atom. The number of nitrogens with zero attached hydrogens (tertiary/aromatic N) is 3. The number of nitriles is 1. The summed E-state index contributed by atoms with van der Waals surface area (Å²) < 4.78 is 5.53. The molecule has 0 spiro atoms. The fourth-order valence-corrected chi connectivity index (χ4v) is 3.45. The molecule has 0 saturated heterocycles. The van der Waals surface area contributed by atoms with E-state index < -0.39 is 27.1 Å². The van der Waals surface area contributed by atoms with Crippen molar-refractivity contribution < 1.29 is 19.4 Å². The molecule has 176 valence electrons. The molecule has 0 unspecified atom stereocenters. The maximum atomic E-state index is 12.7. The van der Waals surface area contributed by atoms with E-state index in [9.17, 15) is 30.3 Å². The second-order valence-electron chi connectivity index (χ2n) is 7.49. The number of ether oxygens (including phenoxy) is 1. The van der Waals surface area contributed by atoms with Gasteiger partial charge in [0.2, 0.25) is 5.75 Å². The highest BCUT2D eigenvalue weighted by Gasteiger charge is 2.21. The van der Waals surface area contributed by atoms with Crippen LogP contribution < -0.4 is 10.1 Å². The van der Waals surface area contributed by atoms with E-state index in [4.69, 9.17) is 4.74 Å². The molecular formula is C26H16N4O6. The van der Waals surface area contributed by atoms with Gasteiger partial charge in [0, 0.05) is 17.1 Å². The van der Waals surface area contributed by atoms with Gasteiger partial charge >= 0.3 is 5.69 Å². The molecule has 4 rings (SSSR count). The Morgan fingerprint density at radius 2 is 1.64 bits per heavy atom. The zero-order valence-electron chi connectivity index (χ0n) is 18.5. The van der Waals surface area contributed by atoms with Gasteiger partial charge in [-0.25, -0.2) is 0 Å². The van der Waals surface area contributed by atoms with Crippen LogP contribution in [0.15, 0.2) is 90.5 Å². The summed E-state index contributed by atoms with van der Waals surface area (Å²) in [6, 6.07) is 24.1. The number of hydrogen-bond acceptors (Lipinski definition) is 7. The van der Waals surface area contributed by atoms with E-state index in [1.165, 1.54) is 18.2 Å². The number of non-ortho nitro benzene ring substituents is 1. The van der Waals surface area contributed by atoms with E-state index in [0.29, 0.717) is 11.3 Å². The molecule has 0 atom stereocenters. The molecule has 0 aliphatic heterocycles. The zero-order valence-corrected chi connectivity index (χ0v) is 18.5. The lowest BCUT2D eigenvalue weighted by Crippen LogP contribution is -2.13. The van der Waals surface area contributed by atoms with Gasteiger partial charge < -0.3 is 10.1 Å². The second kappa shape index (κ2) is 10.1. The van der Waals surface area contributed by atoms with Crippen LogP contribution >= 0.6 is 0 Å². The number of rotatable bonds is 7. The van der Waals surface area contributed by atoms with Crippen molar-refractivity contribution in [3.05, 3.63) is 116 Å². The molecule has 0 aliphatic carbocycles. The van der Waals surface area contributed by atoms with E-state index in [1.807, 2.05) is 42.5 Å². The van der Waals surface area contributed by atoms with Gasteiger partial charge in [0.05, 0.1) is 15.9 Å². The minimum atomic E-state index is -0.771. The first-order valence-corrected chi connectivity index (χ1v) is 10.5. The van der Waals surface area contributed by atoms with Crippen molar-refractivity contribution >= 4 is 39.8 Å². The highest BCUT2D eigenvalue weighted by atomic mass is 16.6. The molecule has 0 radical (unpaired) electrons. The Bertz CT molecular complexity index is 1570. The van der Waals surface area contributed by atoms with Crippen LogP contribution in [0.25, 0.3) is 16.8 Å². The monoisotopic (exact) mass is 480 g/mol. The normalized spacial score (nSPS) is 10.9. The van der Waals surface area contributed by atoms with Crippen molar-refractivity contribution in [3.63, 3.8) is 0 Å². The Balaban J connectivity index is 1.53. The number of nitrogens with one attached hydrogen (secondary N) is 1. The lowest BCUT2D eigenvalue weighted by molar-refractivity contribution is -0.394. The number of nitro benzene ring substituents is 2. The molecule has 1 N–H and O–H groups in total. The summed E-state index contributed by atoms with van der Waals surface area (Å²) in [5.41, 5.74) is -0.00846. The molecule has 0 saturated carbocycles. The van der Waals surface area contributed by atoms with Gasteiger partial charge in [0.25, 0.3) is 11.6 Å². The maximum absolute atomic E-state index is 12.7. The van der Waals surface area contributed by atoms with Crippen LogP contribution in [0.5, 0.6) is 11.5 Å². The van der Waals surface area contributed by atoms with Gasteiger partial charge in [0.1, 0.15) is 17.4 Å². The van der Waals surface area contributed by atoms with Gasteiger partial charge in [-0.05, 0) is 41.3 Å². The second-order valence-corrected chi connectivity index (χ2v) is 7.49. The minimum absolute atomic E-state index is 0.123. The fourth-order valence-electron chi connectivity index (χ4n) is 3.45. The molecule has 4 aromatic carbocycles. The first-order chi connectivity index (χ1) is 17.4. The van der Waals surface area contributed by atoms with Crippen molar-refractivity contribution in [1.82, 2.24) is 0 Å². The average molecular weight is 480 g/mol. The molecular weight excluding hydrogens is 464 g/mol. The molecule has 4 aromatic rings. The lowest BCUT2D eigenvalue weighted by atomic mass is 10.1. The van der Waals surface area contributed by atoms with Crippen molar-refractivity contribution in [2.45, 2.75) is 0 Å². The molecule has 10 nitrogen and oxygen atoms in total. The zero-order chi connectivity index (χ0) is 25.7. The summed E-state index contributed by atoms with van der Waals surface area (Å²) in [6.07, 6.45) is 1.40. The van der Waals surface area contributed by atoms with Gasteiger partial charge in [0.15, 0.2) is 0 Å². The fraction of sp³-hybridized carbons (Fsp3) is 0. The van der Waals surface area contributed by atoms with Crippen LogP contribution in [0.2, 0.25) is 0 Å². The van der Waals surface area contributed by atoms with Crippen LogP contribution in [0.4, 0.5) is 17.1 Å². The van der Waals surface area contributed by atoms with E-state index in [1.54, 1.807) is 18.2 Å². The van der Waals surface area contributed by atoms with Crippen LogP contribution in [0.3, 0.4) is 0 Å². The molecule has 0 heterocycles. The third-order valence-corrected chi connectivity index (χ3v) is 5.17. The molecule has 0 aliphatic rings. The van der Waals surface area contributed by atoms with Gasteiger partial charge in [-0.2, -0.15) is 5.26 Å². The van der Waals surface area contributed by atoms with Crippen molar-refractivity contribution in [1.29, 1.82) is 5.26 Å². The number of carbonyl (C=O) groups excluding carboxylic acids is 1. The highest BCUT2D eigenvalue weighted by molar-refractivity contribution is 6.12. The predicted octanol–water partition coefficient (Wildman–Crippen LogP) is 5.99. The van der Waals surface area contributed by atoms with Gasteiger partial charge in [-0.1, -0.05) is 48.5 Å². The van der Waals surface area contributed by atoms with Crippen LogP contribution in [0.1, 0.15) is 5.56 Å². The van der Waals surface area contributed by atoms with Crippen LogP contribution in [0, 0.1) is 31.6 Å². The number of amides is 1. The number of fused-ring (bicyclic) bond motifs is 1. The number of nitro groups is 2. The molecule has 0 fully saturated rings. The number of carbonyl (C=O) groups is 1. The highest BCUT2D eigenvalue weighted by Crippen LogP contribution is 2.34. The topological polar surface area (TPSA) is 148 Å². The van der Waals surface area contributed by atoms with Crippen LogP contribution in [-0.2, 0) is 4.79 Å². The molecule has 0 aromatic heterocycles. The maximum Gasteiger partial charge on any atom is 0.318 e. The predicted molar refractivity (Wildman–Crippen MR) is 132 cm³/mol. The van der Waals surface area contributed by atoms with E-state index in [2.05, 4.69) is 5.32 Å². The Kier molecular flexibility index (Phi) is 6.65.